The predicted octanol–water partition coefficient (Wildman–Crippen LogP) is 2.08. The van der Waals surface area contributed by atoms with E-state index < -0.39 is 35.2 Å². The zero-order chi connectivity index (χ0) is 24.2. The van der Waals surface area contributed by atoms with Crippen LogP contribution in [0.5, 0.6) is 5.75 Å². The van der Waals surface area contributed by atoms with Gasteiger partial charge in [0.05, 0.1) is 17.4 Å². The summed E-state index contributed by atoms with van der Waals surface area (Å²) >= 11 is 0. The van der Waals surface area contributed by atoms with E-state index in [-0.39, 0.29) is 25.2 Å². The highest BCUT2D eigenvalue weighted by Crippen LogP contribution is 2.23. The Labute approximate surface area is 184 Å². The number of aromatic nitrogens is 2. The molecule has 0 radical (unpaired) electrons. The Balaban J connectivity index is 1.57. The average Bonchev–Trinajstić information content (AvgIpc) is 2.73. The Morgan fingerprint density at radius 3 is 2.42 bits per heavy atom. The third-order valence-electron chi connectivity index (χ3n) is 4.63. The van der Waals surface area contributed by atoms with Gasteiger partial charge in [-0.25, -0.2) is 4.79 Å². The molecule has 3 aromatic rings. The lowest BCUT2D eigenvalue weighted by atomic mass is 10.2. The molecule has 0 aliphatic heterocycles. The van der Waals surface area contributed by atoms with Gasteiger partial charge < -0.3 is 15.0 Å². The number of H-pyrrole nitrogens is 1. The summed E-state index contributed by atoms with van der Waals surface area (Å²) in [6, 6.07) is 11.0. The number of likely N-dealkylation sites (N-methyl/N-ethyl adjacent to an activating group) is 1. The van der Waals surface area contributed by atoms with E-state index in [2.05, 4.69) is 15.0 Å². The maximum atomic E-state index is 12.4. The maximum Gasteiger partial charge on any atom is 0.573 e. The molecule has 3 rings (SSSR count). The number of carbonyl (C=O) groups is 2. The number of aromatic amines is 1. The van der Waals surface area contributed by atoms with E-state index in [9.17, 15) is 32.3 Å². The number of para-hydroxylation sites is 1. The quantitative estimate of drug-likeness (QED) is 0.556. The first-order chi connectivity index (χ1) is 15.5. The number of fused-ring (bicyclic) bond motifs is 1. The van der Waals surface area contributed by atoms with Crippen LogP contribution < -0.4 is 21.3 Å². The van der Waals surface area contributed by atoms with Crippen molar-refractivity contribution in [3.8, 4) is 5.75 Å². The average molecular weight is 464 g/mol. The summed E-state index contributed by atoms with van der Waals surface area (Å²) in [5.74, 6) is -1.43. The molecule has 12 heteroatoms. The van der Waals surface area contributed by atoms with E-state index in [4.69, 9.17) is 0 Å². The van der Waals surface area contributed by atoms with Gasteiger partial charge in [-0.1, -0.05) is 12.1 Å². The van der Waals surface area contributed by atoms with E-state index in [1.807, 2.05) is 0 Å². The van der Waals surface area contributed by atoms with Crippen LogP contribution in [0.1, 0.15) is 6.42 Å². The van der Waals surface area contributed by atoms with Crippen molar-refractivity contribution in [3.63, 3.8) is 0 Å². The summed E-state index contributed by atoms with van der Waals surface area (Å²) in [7, 11) is 1.40. The number of hydrogen-bond acceptors (Lipinski definition) is 5. The Bertz CT molecular complexity index is 1280. The molecule has 33 heavy (non-hydrogen) atoms. The largest absolute Gasteiger partial charge is 0.573 e. The number of nitrogens with one attached hydrogen (secondary N) is 2. The fourth-order valence-electron chi connectivity index (χ4n) is 3.11. The number of halogens is 3. The number of amides is 2. The van der Waals surface area contributed by atoms with Crippen LogP contribution in [-0.2, 0) is 16.1 Å². The second-order valence-corrected chi connectivity index (χ2v) is 7.05. The molecule has 0 aliphatic rings. The highest BCUT2D eigenvalue weighted by atomic mass is 19.4. The van der Waals surface area contributed by atoms with E-state index in [0.29, 0.717) is 10.9 Å². The summed E-state index contributed by atoms with van der Waals surface area (Å²) in [5.41, 5.74) is -0.561. The van der Waals surface area contributed by atoms with Gasteiger partial charge in [0, 0.05) is 25.7 Å². The Morgan fingerprint density at radius 2 is 1.76 bits per heavy atom. The molecule has 1 heterocycles. The minimum absolute atomic E-state index is 0.0123. The molecular weight excluding hydrogens is 445 g/mol. The van der Waals surface area contributed by atoms with Gasteiger partial charge in [0.25, 0.3) is 5.56 Å². The number of nitrogens with zero attached hydrogens (tertiary/aromatic N) is 2. The molecule has 2 N–H and O–H groups in total. The van der Waals surface area contributed by atoms with Crippen molar-refractivity contribution in [2.24, 2.45) is 0 Å². The van der Waals surface area contributed by atoms with Crippen LogP contribution in [0.3, 0.4) is 0 Å². The number of aryl methyl sites for hydroxylation is 1. The van der Waals surface area contributed by atoms with Crippen LogP contribution in [-0.4, -0.2) is 46.2 Å². The highest BCUT2D eigenvalue weighted by molar-refractivity contribution is 5.94. The van der Waals surface area contributed by atoms with E-state index >= 15 is 0 Å². The maximum absolute atomic E-state index is 12.4. The van der Waals surface area contributed by atoms with Crippen molar-refractivity contribution in [2.75, 3.05) is 18.9 Å². The molecule has 0 saturated heterocycles. The van der Waals surface area contributed by atoms with Crippen molar-refractivity contribution in [2.45, 2.75) is 19.3 Å². The number of carbonyl (C=O) groups excluding carboxylic acids is 2. The number of benzene rings is 2. The van der Waals surface area contributed by atoms with Crippen molar-refractivity contribution in [1.29, 1.82) is 0 Å². The monoisotopic (exact) mass is 464 g/mol. The molecule has 0 spiro atoms. The summed E-state index contributed by atoms with van der Waals surface area (Å²) < 4.78 is 41.6. The van der Waals surface area contributed by atoms with Gasteiger partial charge in [-0.05, 0) is 36.4 Å². The number of anilines is 1. The summed E-state index contributed by atoms with van der Waals surface area (Å²) in [6.45, 7) is -0.331. The van der Waals surface area contributed by atoms with E-state index in [0.717, 1.165) is 17.0 Å². The summed E-state index contributed by atoms with van der Waals surface area (Å²) in [5, 5.41) is 2.78. The molecular formula is C21H19F3N4O5. The molecule has 2 aromatic carbocycles. The standard InChI is InChI=1S/C21H19F3N4O5/c1-27(12-17(29)25-13-6-8-14(9-7-13)33-21(22,23)24)18(30)10-11-28-16-5-3-2-4-15(16)19(31)26-20(28)32/h2-9H,10-12H2,1H3,(H,25,29)(H,26,31,32). The van der Waals surface area contributed by atoms with Gasteiger partial charge in [0.1, 0.15) is 5.75 Å². The van der Waals surface area contributed by atoms with Crippen molar-refractivity contribution < 1.29 is 27.5 Å². The molecule has 174 valence electrons. The number of rotatable bonds is 7. The van der Waals surface area contributed by atoms with Crippen LogP contribution in [0.4, 0.5) is 18.9 Å². The minimum Gasteiger partial charge on any atom is -0.406 e. The summed E-state index contributed by atoms with van der Waals surface area (Å²) in [4.78, 5) is 52.0. The fraction of sp³-hybridized carbons (Fsp3) is 0.238. The topological polar surface area (TPSA) is 114 Å². The summed E-state index contributed by atoms with van der Waals surface area (Å²) in [6.07, 6.45) is -4.93. The van der Waals surface area contributed by atoms with E-state index in [1.165, 1.54) is 23.7 Å². The van der Waals surface area contributed by atoms with Crippen molar-refractivity contribution in [1.82, 2.24) is 14.5 Å². The highest BCUT2D eigenvalue weighted by Gasteiger charge is 2.31. The third kappa shape index (κ3) is 6.21. The normalized spacial score (nSPS) is 11.3. The first kappa shape index (κ1) is 23.6. The Hall–Kier alpha value is -4.09. The van der Waals surface area contributed by atoms with Crippen LogP contribution in [0, 0.1) is 0 Å². The van der Waals surface area contributed by atoms with Gasteiger partial charge in [0.2, 0.25) is 11.8 Å². The van der Waals surface area contributed by atoms with Gasteiger partial charge >= 0.3 is 12.1 Å². The van der Waals surface area contributed by atoms with Gasteiger partial charge in [-0.2, -0.15) is 0 Å². The Morgan fingerprint density at radius 1 is 1.09 bits per heavy atom. The van der Waals surface area contributed by atoms with E-state index in [1.54, 1.807) is 24.3 Å². The number of ether oxygens (including phenoxy) is 1. The number of alkyl halides is 3. The molecule has 2 amide bonds. The molecule has 9 nitrogen and oxygen atoms in total. The lowest BCUT2D eigenvalue weighted by Crippen LogP contribution is -2.36. The zero-order valence-electron chi connectivity index (χ0n) is 17.3. The first-order valence-electron chi connectivity index (χ1n) is 9.65. The second kappa shape index (κ2) is 9.59. The van der Waals surface area contributed by atoms with Crippen molar-refractivity contribution >= 4 is 28.4 Å². The van der Waals surface area contributed by atoms with Gasteiger partial charge in [-0.15, -0.1) is 13.2 Å². The SMILES string of the molecule is CN(CC(=O)Nc1ccc(OC(F)(F)F)cc1)C(=O)CCn1c(=O)[nH]c(=O)c2ccccc21. The molecule has 0 bridgehead atoms. The predicted molar refractivity (Wildman–Crippen MR) is 113 cm³/mol. The first-order valence-corrected chi connectivity index (χ1v) is 9.65. The van der Waals surface area contributed by atoms with Crippen LogP contribution >= 0.6 is 0 Å². The molecule has 0 saturated carbocycles. The van der Waals surface area contributed by atoms with Gasteiger partial charge in [0.15, 0.2) is 0 Å². The fourth-order valence-corrected chi connectivity index (χ4v) is 3.11. The van der Waals surface area contributed by atoms with Crippen LogP contribution in [0.25, 0.3) is 10.9 Å². The van der Waals surface area contributed by atoms with Gasteiger partial charge in [-0.3, -0.25) is 23.9 Å². The second-order valence-electron chi connectivity index (χ2n) is 7.05. The minimum atomic E-state index is -4.82. The van der Waals surface area contributed by atoms with Crippen LogP contribution in [0.15, 0.2) is 58.1 Å². The van der Waals surface area contributed by atoms with Crippen LogP contribution in [0.2, 0.25) is 0 Å². The third-order valence-corrected chi connectivity index (χ3v) is 4.63. The molecule has 0 fully saturated rings. The number of hydrogen-bond donors (Lipinski definition) is 2. The lowest BCUT2D eigenvalue weighted by molar-refractivity contribution is -0.274. The molecule has 1 aromatic heterocycles. The molecule has 0 aliphatic carbocycles. The molecule has 0 atom stereocenters. The molecule has 0 unspecified atom stereocenters. The Kier molecular flexibility index (Phi) is 6.85. The lowest BCUT2D eigenvalue weighted by Gasteiger charge is -2.17. The smallest absolute Gasteiger partial charge is 0.406 e. The zero-order valence-corrected chi connectivity index (χ0v) is 17.3. The van der Waals surface area contributed by atoms with Crippen molar-refractivity contribution in [3.05, 3.63) is 69.4 Å².